The SMILES string of the molecule is O=C(CNc1ccc(OCCOc2ccccc2)cc1)Nc1cccc(Br)c1. The van der Waals surface area contributed by atoms with Gasteiger partial charge in [0, 0.05) is 15.8 Å². The summed E-state index contributed by atoms with van der Waals surface area (Å²) in [5.41, 5.74) is 1.60. The summed E-state index contributed by atoms with van der Waals surface area (Å²) >= 11 is 3.38. The van der Waals surface area contributed by atoms with E-state index in [1.165, 1.54) is 0 Å². The zero-order valence-corrected chi connectivity index (χ0v) is 16.8. The van der Waals surface area contributed by atoms with E-state index in [1.807, 2.05) is 78.9 Å². The lowest BCUT2D eigenvalue weighted by atomic mass is 10.3. The van der Waals surface area contributed by atoms with E-state index in [2.05, 4.69) is 26.6 Å². The molecular formula is C22H21BrN2O3. The highest BCUT2D eigenvalue weighted by atomic mass is 79.9. The molecule has 2 N–H and O–H groups in total. The fourth-order valence-electron chi connectivity index (χ4n) is 2.46. The summed E-state index contributed by atoms with van der Waals surface area (Å²) in [5, 5.41) is 5.93. The van der Waals surface area contributed by atoms with Crippen LogP contribution in [0.25, 0.3) is 0 Å². The van der Waals surface area contributed by atoms with Gasteiger partial charge in [-0.1, -0.05) is 40.2 Å². The van der Waals surface area contributed by atoms with Crippen LogP contribution >= 0.6 is 15.9 Å². The Morgan fingerprint density at radius 3 is 2.14 bits per heavy atom. The maximum atomic E-state index is 12.0. The summed E-state index contributed by atoms with van der Waals surface area (Å²) < 4.78 is 12.2. The molecule has 0 fully saturated rings. The zero-order chi connectivity index (χ0) is 19.6. The van der Waals surface area contributed by atoms with Crippen LogP contribution in [0, 0.1) is 0 Å². The predicted octanol–water partition coefficient (Wildman–Crippen LogP) is 4.96. The quantitative estimate of drug-likeness (QED) is 0.461. The number of carbonyl (C=O) groups excluding carboxylic acids is 1. The number of anilines is 2. The highest BCUT2D eigenvalue weighted by molar-refractivity contribution is 9.10. The van der Waals surface area contributed by atoms with Gasteiger partial charge >= 0.3 is 0 Å². The van der Waals surface area contributed by atoms with Crippen LogP contribution in [0.15, 0.2) is 83.3 Å². The van der Waals surface area contributed by atoms with Crippen molar-refractivity contribution >= 4 is 33.2 Å². The van der Waals surface area contributed by atoms with Gasteiger partial charge in [0.2, 0.25) is 5.91 Å². The molecule has 0 atom stereocenters. The van der Waals surface area contributed by atoms with E-state index in [4.69, 9.17) is 9.47 Å². The normalized spacial score (nSPS) is 10.2. The topological polar surface area (TPSA) is 59.6 Å². The van der Waals surface area contributed by atoms with Crippen LogP contribution < -0.4 is 20.1 Å². The summed E-state index contributed by atoms with van der Waals surface area (Å²) in [6, 6.07) is 24.6. The third kappa shape index (κ3) is 6.63. The molecule has 0 aliphatic carbocycles. The van der Waals surface area contributed by atoms with Gasteiger partial charge in [-0.2, -0.15) is 0 Å². The number of hydrogen-bond donors (Lipinski definition) is 2. The Morgan fingerprint density at radius 2 is 1.46 bits per heavy atom. The first-order chi connectivity index (χ1) is 13.7. The molecule has 0 unspecified atom stereocenters. The Balaban J connectivity index is 1.37. The second-order valence-electron chi connectivity index (χ2n) is 5.95. The van der Waals surface area contributed by atoms with Gasteiger partial charge < -0.3 is 20.1 Å². The van der Waals surface area contributed by atoms with Crippen molar-refractivity contribution in [2.45, 2.75) is 0 Å². The molecule has 0 heterocycles. The number of para-hydroxylation sites is 1. The molecule has 6 heteroatoms. The number of carbonyl (C=O) groups is 1. The van der Waals surface area contributed by atoms with Gasteiger partial charge in [-0.25, -0.2) is 0 Å². The summed E-state index contributed by atoms with van der Waals surface area (Å²) in [6.45, 7) is 1.11. The molecule has 28 heavy (non-hydrogen) atoms. The number of ether oxygens (including phenoxy) is 2. The third-order valence-electron chi connectivity index (χ3n) is 3.78. The number of rotatable bonds is 9. The molecule has 144 valence electrons. The Kier molecular flexibility index (Phi) is 7.32. The molecule has 0 aliphatic heterocycles. The lowest BCUT2D eigenvalue weighted by Crippen LogP contribution is -2.21. The van der Waals surface area contributed by atoms with Gasteiger partial charge in [0.25, 0.3) is 0 Å². The van der Waals surface area contributed by atoms with Crippen LogP contribution in [-0.4, -0.2) is 25.7 Å². The smallest absolute Gasteiger partial charge is 0.243 e. The number of nitrogens with one attached hydrogen (secondary N) is 2. The molecule has 3 aromatic rings. The highest BCUT2D eigenvalue weighted by Crippen LogP contribution is 2.17. The molecule has 0 saturated carbocycles. The molecule has 5 nitrogen and oxygen atoms in total. The number of benzene rings is 3. The van der Waals surface area contributed by atoms with Crippen LogP contribution in [0.5, 0.6) is 11.5 Å². The van der Waals surface area contributed by atoms with Crippen LogP contribution in [0.3, 0.4) is 0 Å². The van der Waals surface area contributed by atoms with E-state index in [0.717, 1.165) is 27.3 Å². The minimum Gasteiger partial charge on any atom is -0.490 e. The first kappa shape index (κ1) is 19.8. The van der Waals surface area contributed by atoms with E-state index in [-0.39, 0.29) is 12.5 Å². The first-order valence-electron chi connectivity index (χ1n) is 8.89. The number of halogens is 1. The summed E-state index contributed by atoms with van der Waals surface area (Å²) in [6.07, 6.45) is 0. The average Bonchev–Trinajstić information content (AvgIpc) is 2.71. The van der Waals surface area contributed by atoms with Crippen molar-refractivity contribution in [3.05, 3.63) is 83.3 Å². The lowest BCUT2D eigenvalue weighted by molar-refractivity contribution is -0.114. The first-order valence-corrected chi connectivity index (χ1v) is 9.68. The van der Waals surface area contributed by atoms with E-state index in [1.54, 1.807) is 0 Å². The molecule has 0 saturated heterocycles. The fourth-order valence-corrected chi connectivity index (χ4v) is 2.86. The Labute approximate surface area is 172 Å². The second kappa shape index (κ2) is 10.4. The standard InChI is InChI=1S/C22H21BrN2O3/c23-17-5-4-6-19(15-17)25-22(26)16-24-18-9-11-21(12-10-18)28-14-13-27-20-7-2-1-3-8-20/h1-12,15,24H,13-14,16H2,(H,25,26). The summed E-state index contributed by atoms with van der Waals surface area (Å²) in [4.78, 5) is 12.0. The Bertz CT molecular complexity index is 886. The largest absolute Gasteiger partial charge is 0.490 e. The van der Waals surface area contributed by atoms with E-state index < -0.39 is 0 Å². The minimum absolute atomic E-state index is 0.114. The Morgan fingerprint density at radius 1 is 0.786 bits per heavy atom. The highest BCUT2D eigenvalue weighted by Gasteiger charge is 2.03. The van der Waals surface area contributed by atoms with Crippen LogP contribution in [0.1, 0.15) is 0 Å². The van der Waals surface area contributed by atoms with Crippen molar-refractivity contribution in [2.75, 3.05) is 30.4 Å². The van der Waals surface area contributed by atoms with E-state index in [0.29, 0.717) is 13.2 Å². The molecule has 0 radical (unpaired) electrons. The molecule has 3 aromatic carbocycles. The zero-order valence-electron chi connectivity index (χ0n) is 15.2. The van der Waals surface area contributed by atoms with Crippen molar-refractivity contribution in [1.29, 1.82) is 0 Å². The average molecular weight is 441 g/mol. The molecule has 0 bridgehead atoms. The van der Waals surface area contributed by atoms with Crippen molar-refractivity contribution in [2.24, 2.45) is 0 Å². The summed E-state index contributed by atoms with van der Waals surface area (Å²) in [7, 11) is 0. The lowest BCUT2D eigenvalue weighted by Gasteiger charge is -2.10. The third-order valence-corrected chi connectivity index (χ3v) is 4.27. The predicted molar refractivity (Wildman–Crippen MR) is 115 cm³/mol. The van der Waals surface area contributed by atoms with Gasteiger partial charge in [0.15, 0.2) is 0 Å². The number of hydrogen-bond acceptors (Lipinski definition) is 4. The second-order valence-corrected chi connectivity index (χ2v) is 6.86. The molecule has 3 rings (SSSR count). The van der Waals surface area contributed by atoms with Gasteiger partial charge in [0.05, 0.1) is 6.54 Å². The Hall–Kier alpha value is -2.99. The maximum Gasteiger partial charge on any atom is 0.243 e. The molecule has 0 spiro atoms. The van der Waals surface area contributed by atoms with Crippen molar-refractivity contribution < 1.29 is 14.3 Å². The van der Waals surface area contributed by atoms with Crippen molar-refractivity contribution in [3.8, 4) is 11.5 Å². The fraction of sp³-hybridized carbons (Fsp3) is 0.136. The van der Waals surface area contributed by atoms with Crippen LogP contribution in [-0.2, 0) is 4.79 Å². The van der Waals surface area contributed by atoms with Crippen LogP contribution in [0.2, 0.25) is 0 Å². The minimum atomic E-state index is -0.114. The van der Waals surface area contributed by atoms with Crippen molar-refractivity contribution in [1.82, 2.24) is 0 Å². The van der Waals surface area contributed by atoms with Crippen LogP contribution in [0.4, 0.5) is 11.4 Å². The van der Waals surface area contributed by atoms with Crippen molar-refractivity contribution in [3.63, 3.8) is 0 Å². The van der Waals surface area contributed by atoms with E-state index in [9.17, 15) is 4.79 Å². The van der Waals surface area contributed by atoms with E-state index >= 15 is 0 Å². The number of amides is 1. The van der Waals surface area contributed by atoms with Gasteiger partial charge in [-0.05, 0) is 54.6 Å². The maximum absolute atomic E-state index is 12.0. The molecule has 0 aliphatic rings. The van der Waals surface area contributed by atoms with Gasteiger partial charge in [0.1, 0.15) is 24.7 Å². The molecular weight excluding hydrogens is 420 g/mol. The summed E-state index contributed by atoms with van der Waals surface area (Å²) in [5.74, 6) is 1.46. The molecule has 0 aromatic heterocycles. The molecule has 1 amide bonds. The monoisotopic (exact) mass is 440 g/mol. The van der Waals surface area contributed by atoms with Gasteiger partial charge in [-0.15, -0.1) is 0 Å². The van der Waals surface area contributed by atoms with Gasteiger partial charge in [-0.3, -0.25) is 4.79 Å².